The van der Waals surface area contributed by atoms with Crippen molar-refractivity contribution in [2.24, 2.45) is 11.7 Å². The minimum absolute atomic E-state index is 0.0635. The van der Waals surface area contributed by atoms with Crippen LogP contribution >= 0.6 is 0 Å². The van der Waals surface area contributed by atoms with E-state index in [0.717, 1.165) is 6.42 Å². The van der Waals surface area contributed by atoms with E-state index in [2.05, 4.69) is 5.32 Å². The van der Waals surface area contributed by atoms with Gasteiger partial charge >= 0.3 is 6.09 Å². The molecule has 0 saturated carbocycles. The maximum Gasteiger partial charge on any atom is 0.407 e. The number of carbonyl (C=O) groups excluding carboxylic acids is 1. The summed E-state index contributed by atoms with van der Waals surface area (Å²) >= 11 is 0. The van der Waals surface area contributed by atoms with Gasteiger partial charge in [-0.2, -0.15) is 0 Å². The number of hydrogen-bond donors (Lipinski definition) is 2. The van der Waals surface area contributed by atoms with Crippen LogP contribution in [0.2, 0.25) is 0 Å². The Labute approximate surface area is 96.7 Å². The molecule has 1 aliphatic heterocycles. The summed E-state index contributed by atoms with van der Waals surface area (Å²) in [4.78, 5) is 11.6. The lowest BCUT2D eigenvalue weighted by atomic mass is 9.96. The standard InChI is InChI=1S/C11H22N2O3/c1-11(2,3)16-10(14)13-9-4-5-15-7-8(9)6-12/h8-9H,4-7,12H2,1-3H3,(H,13,14)/t8-,9-/m1/s1. The molecule has 0 unspecified atom stereocenters. The van der Waals surface area contributed by atoms with Crippen molar-refractivity contribution in [3.05, 3.63) is 0 Å². The summed E-state index contributed by atoms with van der Waals surface area (Å²) in [7, 11) is 0. The summed E-state index contributed by atoms with van der Waals surface area (Å²) in [6.45, 7) is 7.32. The van der Waals surface area contributed by atoms with Gasteiger partial charge in [-0.1, -0.05) is 0 Å². The Kier molecular flexibility index (Phi) is 4.56. The van der Waals surface area contributed by atoms with E-state index in [-0.39, 0.29) is 18.1 Å². The van der Waals surface area contributed by atoms with Crippen molar-refractivity contribution in [1.82, 2.24) is 5.32 Å². The molecular formula is C11H22N2O3. The Bertz CT molecular complexity index is 238. The van der Waals surface area contributed by atoms with Crippen molar-refractivity contribution in [2.45, 2.75) is 38.8 Å². The van der Waals surface area contributed by atoms with Crippen molar-refractivity contribution >= 4 is 6.09 Å². The first-order valence-corrected chi connectivity index (χ1v) is 5.69. The molecule has 0 radical (unpaired) electrons. The first-order chi connectivity index (χ1) is 7.42. The van der Waals surface area contributed by atoms with E-state index >= 15 is 0 Å². The first kappa shape index (κ1) is 13.3. The van der Waals surface area contributed by atoms with Gasteiger partial charge in [0.1, 0.15) is 5.60 Å². The quantitative estimate of drug-likeness (QED) is 0.738. The van der Waals surface area contributed by atoms with E-state index in [4.69, 9.17) is 15.2 Å². The molecule has 0 spiro atoms. The minimum atomic E-state index is -0.465. The van der Waals surface area contributed by atoms with Gasteiger partial charge in [-0.05, 0) is 33.7 Å². The van der Waals surface area contributed by atoms with Gasteiger partial charge in [-0.3, -0.25) is 0 Å². The van der Waals surface area contributed by atoms with Gasteiger partial charge in [-0.15, -0.1) is 0 Å². The maximum atomic E-state index is 11.6. The molecule has 1 amide bonds. The molecule has 1 fully saturated rings. The first-order valence-electron chi connectivity index (χ1n) is 5.69. The Balaban J connectivity index is 2.42. The third kappa shape index (κ3) is 4.37. The number of alkyl carbamates (subject to hydrolysis) is 1. The summed E-state index contributed by atoms with van der Waals surface area (Å²) in [5.74, 6) is 0.182. The number of amides is 1. The zero-order valence-corrected chi connectivity index (χ0v) is 10.3. The minimum Gasteiger partial charge on any atom is -0.444 e. The molecule has 2 atom stereocenters. The van der Waals surface area contributed by atoms with E-state index < -0.39 is 5.60 Å². The van der Waals surface area contributed by atoms with Crippen molar-refractivity contribution in [3.8, 4) is 0 Å². The van der Waals surface area contributed by atoms with Gasteiger partial charge in [0.25, 0.3) is 0 Å². The highest BCUT2D eigenvalue weighted by atomic mass is 16.6. The Hall–Kier alpha value is -0.810. The molecule has 5 nitrogen and oxygen atoms in total. The lowest BCUT2D eigenvalue weighted by Gasteiger charge is -2.32. The summed E-state index contributed by atoms with van der Waals surface area (Å²) in [6, 6.07) is 0.0635. The molecule has 0 aromatic heterocycles. The molecule has 0 aliphatic carbocycles. The lowest BCUT2D eigenvalue weighted by Crippen LogP contribution is -2.49. The molecule has 5 heteroatoms. The molecule has 1 aliphatic rings. The van der Waals surface area contributed by atoms with Crippen LogP contribution in [-0.2, 0) is 9.47 Å². The second kappa shape index (κ2) is 5.50. The molecule has 16 heavy (non-hydrogen) atoms. The predicted molar refractivity (Wildman–Crippen MR) is 61.1 cm³/mol. The SMILES string of the molecule is CC(C)(C)OC(=O)N[C@@H]1CCOC[C@H]1CN. The Morgan fingerprint density at radius 3 is 2.81 bits per heavy atom. The Morgan fingerprint density at radius 1 is 1.56 bits per heavy atom. The number of nitrogens with one attached hydrogen (secondary N) is 1. The monoisotopic (exact) mass is 230 g/mol. The second-order valence-corrected chi connectivity index (χ2v) is 5.11. The molecule has 0 bridgehead atoms. The number of nitrogens with two attached hydrogens (primary N) is 1. The summed E-state index contributed by atoms with van der Waals surface area (Å²) in [6.07, 6.45) is 0.416. The number of ether oxygens (including phenoxy) is 2. The van der Waals surface area contributed by atoms with E-state index in [1.54, 1.807) is 0 Å². The highest BCUT2D eigenvalue weighted by Gasteiger charge is 2.27. The predicted octanol–water partition coefficient (Wildman–Crippen LogP) is 0.875. The van der Waals surface area contributed by atoms with Gasteiger partial charge in [-0.25, -0.2) is 4.79 Å². The zero-order valence-electron chi connectivity index (χ0n) is 10.3. The molecule has 1 saturated heterocycles. The molecule has 94 valence electrons. The number of carbonyl (C=O) groups is 1. The fraction of sp³-hybridized carbons (Fsp3) is 0.909. The fourth-order valence-corrected chi connectivity index (χ4v) is 1.68. The van der Waals surface area contributed by atoms with E-state index in [0.29, 0.717) is 19.8 Å². The normalized spacial score (nSPS) is 26.2. The average Bonchev–Trinajstić information content (AvgIpc) is 2.15. The molecule has 3 N–H and O–H groups in total. The molecular weight excluding hydrogens is 208 g/mol. The van der Waals surface area contributed by atoms with Crippen LogP contribution in [0.1, 0.15) is 27.2 Å². The van der Waals surface area contributed by atoms with Crippen molar-refractivity contribution in [2.75, 3.05) is 19.8 Å². The van der Waals surface area contributed by atoms with Gasteiger partial charge in [0.05, 0.1) is 6.61 Å². The van der Waals surface area contributed by atoms with Crippen molar-refractivity contribution in [3.63, 3.8) is 0 Å². The third-order valence-corrected chi connectivity index (χ3v) is 2.48. The van der Waals surface area contributed by atoms with Crippen LogP contribution in [0.4, 0.5) is 4.79 Å². The topological polar surface area (TPSA) is 73.6 Å². The highest BCUT2D eigenvalue weighted by molar-refractivity contribution is 5.68. The molecule has 1 rings (SSSR count). The van der Waals surface area contributed by atoms with Gasteiger partial charge in [0.15, 0.2) is 0 Å². The van der Waals surface area contributed by atoms with Crippen LogP contribution in [0.25, 0.3) is 0 Å². The molecule has 0 aromatic rings. The van der Waals surface area contributed by atoms with Crippen molar-refractivity contribution in [1.29, 1.82) is 0 Å². The summed E-state index contributed by atoms with van der Waals surface area (Å²) in [5.41, 5.74) is 5.16. The largest absolute Gasteiger partial charge is 0.444 e. The van der Waals surface area contributed by atoms with Crippen LogP contribution in [0, 0.1) is 5.92 Å². The molecule has 1 heterocycles. The van der Waals surface area contributed by atoms with Gasteiger partial charge < -0.3 is 20.5 Å². The fourth-order valence-electron chi connectivity index (χ4n) is 1.68. The van der Waals surface area contributed by atoms with Gasteiger partial charge in [0.2, 0.25) is 0 Å². The van der Waals surface area contributed by atoms with Crippen LogP contribution < -0.4 is 11.1 Å². The summed E-state index contributed by atoms with van der Waals surface area (Å²) < 4.78 is 10.5. The second-order valence-electron chi connectivity index (χ2n) is 5.11. The van der Waals surface area contributed by atoms with E-state index in [1.807, 2.05) is 20.8 Å². The third-order valence-electron chi connectivity index (χ3n) is 2.48. The lowest BCUT2D eigenvalue weighted by molar-refractivity contribution is 0.0201. The Morgan fingerprint density at radius 2 is 2.25 bits per heavy atom. The van der Waals surface area contributed by atoms with Crippen LogP contribution in [0.5, 0.6) is 0 Å². The van der Waals surface area contributed by atoms with E-state index in [9.17, 15) is 4.79 Å². The maximum absolute atomic E-state index is 11.6. The highest BCUT2D eigenvalue weighted by Crippen LogP contribution is 2.14. The van der Waals surface area contributed by atoms with Crippen LogP contribution in [0.3, 0.4) is 0 Å². The number of rotatable bonds is 2. The zero-order chi connectivity index (χ0) is 12.2. The number of hydrogen-bond acceptors (Lipinski definition) is 4. The average molecular weight is 230 g/mol. The smallest absolute Gasteiger partial charge is 0.407 e. The van der Waals surface area contributed by atoms with E-state index in [1.165, 1.54) is 0 Å². The summed E-state index contributed by atoms with van der Waals surface area (Å²) in [5, 5.41) is 2.86. The van der Waals surface area contributed by atoms with Gasteiger partial charge in [0, 0.05) is 18.6 Å². The van der Waals surface area contributed by atoms with Crippen molar-refractivity contribution < 1.29 is 14.3 Å². The van der Waals surface area contributed by atoms with Crippen LogP contribution in [-0.4, -0.2) is 37.5 Å². The van der Waals surface area contributed by atoms with Crippen LogP contribution in [0.15, 0.2) is 0 Å². The molecule has 0 aromatic carbocycles.